The van der Waals surface area contributed by atoms with E-state index in [1.54, 1.807) is 24.5 Å². The highest BCUT2D eigenvalue weighted by Crippen LogP contribution is 2.33. The quantitative estimate of drug-likeness (QED) is 0.273. The van der Waals surface area contributed by atoms with Gasteiger partial charge in [0.05, 0.1) is 29.6 Å². The third-order valence-electron chi connectivity index (χ3n) is 6.86. The normalized spacial score (nSPS) is 14.4. The molecule has 0 bridgehead atoms. The number of halogens is 2. The smallest absolute Gasteiger partial charge is 0.255 e. The molecule has 0 unspecified atom stereocenters. The van der Waals surface area contributed by atoms with E-state index in [2.05, 4.69) is 27.2 Å². The molecule has 4 rings (SSSR count). The average Bonchev–Trinajstić information content (AvgIpc) is 3.41. The van der Waals surface area contributed by atoms with E-state index in [0.717, 1.165) is 24.0 Å². The minimum Gasteiger partial charge on any atom is -0.394 e. The Labute approximate surface area is 222 Å². The van der Waals surface area contributed by atoms with Gasteiger partial charge in [0.2, 0.25) is 0 Å². The third-order valence-corrected chi connectivity index (χ3v) is 7.09. The van der Waals surface area contributed by atoms with Gasteiger partial charge in [-0.2, -0.15) is 0 Å². The van der Waals surface area contributed by atoms with Gasteiger partial charge in [-0.25, -0.2) is 4.39 Å². The van der Waals surface area contributed by atoms with Crippen molar-refractivity contribution in [2.24, 2.45) is 5.92 Å². The number of benzene rings is 1. The number of nitrogens with one attached hydrogen (secondary N) is 2. The van der Waals surface area contributed by atoms with Crippen molar-refractivity contribution in [3.63, 3.8) is 0 Å². The van der Waals surface area contributed by atoms with E-state index in [1.807, 2.05) is 6.92 Å². The minimum absolute atomic E-state index is 0.125. The van der Waals surface area contributed by atoms with Crippen molar-refractivity contribution in [2.45, 2.75) is 51.5 Å². The topological polar surface area (TPSA) is 87.1 Å². The van der Waals surface area contributed by atoms with Crippen LogP contribution in [0, 0.1) is 11.7 Å². The van der Waals surface area contributed by atoms with Crippen LogP contribution < -0.4 is 10.6 Å². The van der Waals surface area contributed by atoms with E-state index in [9.17, 15) is 14.3 Å². The van der Waals surface area contributed by atoms with Gasteiger partial charge in [0, 0.05) is 40.4 Å². The molecule has 2 heterocycles. The number of pyridine rings is 2. The number of aliphatic hydroxyl groups is 1. The van der Waals surface area contributed by atoms with E-state index < -0.39 is 5.82 Å². The molecule has 1 saturated carbocycles. The van der Waals surface area contributed by atoms with Crippen LogP contribution in [0.1, 0.15) is 61.4 Å². The summed E-state index contributed by atoms with van der Waals surface area (Å²) >= 11 is 6.09. The van der Waals surface area contributed by atoms with E-state index >= 15 is 0 Å². The molecule has 3 N–H and O–H groups in total. The van der Waals surface area contributed by atoms with Gasteiger partial charge in [-0.05, 0) is 61.6 Å². The molecule has 194 valence electrons. The average molecular weight is 523 g/mol. The van der Waals surface area contributed by atoms with Crippen LogP contribution in [0.5, 0.6) is 0 Å². The van der Waals surface area contributed by atoms with Gasteiger partial charge in [-0.1, -0.05) is 43.9 Å². The Kier molecular flexibility index (Phi) is 8.90. The summed E-state index contributed by atoms with van der Waals surface area (Å²) in [6.45, 7) is 5.75. The van der Waals surface area contributed by atoms with Gasteiger partial charge in [0.25, 0.3) is 5.91 Å². The van der Waals surface area contributed by atoms with Gasteiger partial charge >= 0.3 is 0 Å². The highest BCUT2D eigenvalue weighted by molar-refractivity contribution is 6.30. The number of carbonyl (C=O) groups is 1. The van der Waals surface area contributed by atoms with Gasteiger partial charge in [-0.15, -0.1) is 0 Å². The fourth-order valence-corrected chi connectivity index (χ4v) is 4.95. The molecule has 0 saturated heterocycles. The number of hydrogen-bond acceptors (Lipinski definition) is 5. The minimum atomic E-state index is -0.442. The summed E-state index contributed by atoms with van der Waals surface area (Å²) in [5, 5.41) is 16.5. The molecule has 1 atom stereocenters. The first-order chi connectivity index (χ1) is 17.9. The van der Waals surface area contributed by atoms with E-state index in [-0.39, 0.29) is 24.1 Å². The van der Waals surface area contributed by atoms with Crippen molar-refractivity contribution in [1.82, 2.24) is 15.3 Å². The lowest BCUT2D eigenvalue weighted by atomic mass is 9.98. The lowest BCUT2D eigenvalue weighted by molar-refractivity contribution is 0.0911. The Morgan fingerprint density at radius 2 is 1.97 bits per heavy atom. The summed E-state index contributed by atoms with van der Waals surface area (Å²) in [6.07, 6.45) is 11.4. The number of aliphatic hydroxyl groups excluding tert-OH is 1. The zero-order valence-corrected chi connectivity index (χ0v) is 21.7. The van der Waals surface area contributed by atoms with Crippen molar-refractivity contribution in [2.75, 3.05) is 11.9 Å². The molecule has 2 aromatic heterocycles. The van der Waals surface area contributed by atoms with Crippen LogP contribution in [-0.2, 0) is 0 Å². The molecule has 3 aromatic rings. The second-order valence-electron chi connectivity index (χ2n) is 9.65. The molecule has 1 aromatic carbocycles. The maximum absolute atomic E-state index is 14.5. The van der Waals surface area contributed by atoms with E-state index in [0.29, 0.717) is 33.6 Å². The molecule has 1 fully saturated rings. The zero-order valence-electron chi connectivity index (χ0n) is 20.9. The largest absolute Gasteiger partial charge is 0.394 e. The molecule has 0 spiro atoms. The van der Waals surface area contributed by atoms with E-state index in [4.69, 9.17) is 11.6 Å². The predicted octanol–water partition coefficient (Wildman–Crippen LogP) is 6.77. The number of nitrogens with zero attached hydrogens (tertiary/aromatic N) is 2. The van der Waals surface area contributed by atoms with E-state index in [1.165, 1.54) is 50.1 Å². The van der Waals surface area contributed by atoms with Crippen LogP contribution in [0.3, 0.4) is 0 Å². The highest BCUT2D eigenvalue weighted by Gasteiger charge is 2.21. The number of carbonyl (C=O) groups excluding carboxylic acids is 1. The Balaban J connectivity index is 1.58. The maximum Gasteiger partial charge on any atom is 0.255 e. The van der Waals surface area contributed by atoms with Crippen molar-refractivity contribution in [1.29, 1.82) is 0 Å². The van der Waals surface area contributed by atoms with Crippen LogP contribution in [0.15, 0.2) is 55.5 Å². The van der Waals surface area contributed by atoms with Gasteiger partial charge in [0.15, 0.2) is 0 Å². The molecule has 37 heavy (non-hydrogen) atoms. The SMILES string of the molecule is C=C(C)c1cnc(-c2cc(Cl)ccc2F)cc1Nc1ccncc1C(=O)N[C@H](CO)CCC1CCCC1. The number of anilines is 2. The lowest BCUT2D eigenvalue weighted by Crippen LogP contribution is -2.38. The monoisotopic (exact) mass is 522 g/mol. The zero-order chi connectivity index (χ0) is 26.4. The predicted molar refractivity (Wildman–Crippen MR) is 146 cm³/mol. The number of aromatic nitrogens is 2. The second kappa shape index (κ2) is 12.3. The lowest BCUT2D eigenvalue weighted by Gasteiger charge is -2.20. The maximum atomic E-state index is 14.5. The molecule has 8 heteroatoms. The first-order valence-electron chi connectivity index (χ1n) is 12.6. The summed E-state index contributed by atoms with van der Waals surface area (Å²) in [5.41, 5.74) is 3.59. The fraction of sp³-hybridized carbons (Fsp3) is 0.345. The summed E-state index contributed by atoms with van der Waals surface area (Å²) in [5.74, 6) is -0.0944. The third kappa shape index (κ3) is 6.73. The fourth-order valence-electron chi connectivity index (χ4n) is 4.78. The summed E-state index contributed by atoms with van der Waals surface area (Å²) < 4.78 is 14.5. The number of rotatable bonds is 10. The molecular weight excluding hydrogens is 491 g/mol. The first kappa shape index (κ1) is 26.8. The Bertz CT molecular complexity index is 1280. The van der Waals surface area contributed by atoms with Crippen molar-refractivity contribution >= 4 is 34.5 Å². The molecule has 0 radical (unpaired) electrons. The Hall–Kier alpha value is -3.29. The van der Waals surface area contributed by atoms with Gasteiger partial charge < -0.3 is 15.7 Å². The highest BCUT2D eigenvalue weighted by atomic mass is 35.5. The summed E-state index contributed by atoms with van der Waals surface area (Å²) in [7, 11) is 0. The summed E-state index contributed by atoms with van der Waals surface area (Å²) in [6, 6.07) is 7.38. The van der Waals surface area contributed by atoms with Crippen LogP contribution in [0.4, 0.5) is 15.8 Å². The van der Waals surface area contributed by atoms with Crippen LogP contribution in [0.2, 0.25) is 5.02 Å². The summed E-state index contributed by atoms with van der Waals surface area (Å²) in [4.78, 5) is 21.8. The molecular formula is C29H32ClFN4O2. The standard InChI is InChI=1S/C29H32ClFN4O2/c1-18(2)23-16-33-27(22-13-20(30)8-10-25(22)31)14-28(23)35-26-11-12-32-15-24(26)29(37)34-21(17-36)9-7-19-5-3-4-6-19/h8,10-16,19,21,36H,1,3-7,9,17H2,2H3,(H,34,37)(H,32,33,35)/t21-/m0/s1. The van der Waals surface area contributed by atoms with Crippen molar-refractivity contribution in [3.05, 3.63) is 77.5 Å². The van der Waals surface area contributed by atoms with Crippen molar-refractivity contribution in [3.8, 4) is 11.3 Å². The van der Waals surface area contributed by atoms with Gasteiger partial charge in [-0.3, -0.25) is 14.8 Å². The van der Waals surface area contributed by atoms with Crippen LogP contribution in [-0.4, -0.2) is 33.6 Å². The van der Waals surface area contributed by atoms with Crippen molar-refractivity contribution < 1.29 is 14.3 Å². The van der Waals surface area contributed by atoms with Crippen LogP contribution in [0.25, 0.3) is 16.8 Å². The molecule has 6 nitrogen and oxygen atoms in total. The molecule has 1 aliphatic carbocycles. The van der Waals surface area contributed by atoms with Gasteiger partial charge in [0.1, 0.15) is 5.82 Å². The molecule has 0 aliphatic heterocycles. The Morgan fingerprint density at radius 3 is 2.70 bits per heavy atom. The molecule has 1 aliphatic rings. The number of hydrogen-bond donors (Lipinski definition) is 3. The second-order valence-corrected chi connectivity index (χ2v) is 10.1. The molecule has 1 amide bonds. The first-order valence-corrected chi connectivity index (χ1v) is 13.0. The number of allylic oxidation sites excluding steroid dienone is 1. The van der Waals surface area contributed by atoms with Crippen LogP contribution >= 0.6 is 11.6 Å². The number of amides is 1. The Morgan fingerprint density at radius 1 is 1.19 bits per heavy atom.